The van der Waals surface area contributed by atoms with Crippen LogP contribution in [0.3, 0.4) is 0 Å². The van der Waals surface area contributed by atoms with Gasteiger partial charge in [-0.15, -0.1) is 0 Å². The predicted molar refractivity (Wildman–Crippen MR) is 66.6 cm³/mol. The average Bonchev–Trinajstić information content (AvgIpc) is 2.75. The van der Waals surface area contributed by atoms with Crippen molar-refractivity contribution in [3.05, 3.63) is 24.0 Å². The van der Waals surface area contributed by atoms with Crippen molar-refractivity contribution >= 4 is 22.1 Å². The van der Waals surface area contributed by atoms with Gasteiger partial charge in [-0.25, -0.2) is 0 Å². The predicted octanol–water partition coefficient (Wildman–Crippen LogP) is -1.43. The molecule has 1 aromatic rings. The first-order chi connectivity index (χ1) is 8.43. The molecule has 0 atom stereocenters. The van der Waals surface area contributed by atoms with Crippen LogP contribution in [-0.2, 0) is 14.9 Å². The molecule has 6 nitrogen and oxygen atoms in total. The molecule has 1 amide bonds. The van der Waals surface area contributed by atoms with Crippen molar-refractivity contribution in [2.45, 2.75) is 24.9 Å². The van der Waals surface area contributed by atoms with E-state index in [-0.39, 0.29) is 42.7 Å². The number of amides is 1. The van der Waals surface area contributed by atoms with E-state index in [2.05, 4.69) is 5.32 Å². The molecule has 1 rings (SSSR count). The number of hydrogen-bond donors (Lipinski definition) is 2. The zero-order valence-corrected chi connectivity index (χ0v) is 13.7. The second-order valence-electron chi connectivity index (χ2n) is 3.61. The summed E-state index contributed by atoms with van der Waals surface area (Å²) in [6.45, 7) is 2.61. The van der Waals surface area contributed by atoms with Crippen molar-refractivity contribution in [2.75, 3.05) is 6.54 Å². The van der Waals surface area contributed by atoms with Crippen LogP contribution < -0.4 is 34.9 Å². The monoisotopic (exact) mass is 297 g/mol. The minimum atomic E-state index is -4.34. The van der Waals surface area contributed by atoms with Gasteiger partial charge in [0.25, 0.3) is 0 Å². The van der Waals surface area contributed by atoms with Gasteiger partial charge >= 0.3 is 39.7 Å². The van der Waals surface area contributed by atoms with E-state index < -0.39 is 15.2 Å². The van der Waals surface area contributed by atoms with Crippen molar-refractivity contribution in [3.63, 3.8) is 0 Å². The number of rotatable bonds is 6. The van der Waals surface area contributed by atoms with Crippen LogP contribution in [0.5, 0.6) is 0 Å². The van der Waals surface area contributed by atoms with Gasteiger partial charge < -0.3 is 11.2 Å². The van der Waals surface area contributed by atoms with Crippen LogP contribution in [0, 0.1) is 0 Å². The van der Waals surface area contributed by atoms with E-state index in [0.29, 0.717) is 6.54 Å². The molecule has 102 valence electrons. The van der Waals surface area contributed by atoms with Crippen LogP contribution in [0.1, 0.15) is 27.0 Å². The SMILES string of the molecule is CCCCNC(=O)/C=C/c1ccc(S(=O)(=O)O)o1.[H-].[Na+]. The molecule has 0 bridgehead atoms. The van der Waals surface area contributed by atoms with E-state index in [9.17, 15) is 13.2 Å². The van der Waals surface area contributed by atoms with Crippen molar-refractivity contribution in [1.29, 1.82) is 0 Å². The fourth-order valence-corrected chi connectivity index (χ4v) is 1.61. The van der Waals surface area contributed by atoms with Gasteiger partial charge in [-0.1, -0.05) is 13.3 Å². The molecule has 1 heterocycles. The molecule has 0 fully saturated rings. The second-order valence-corrected chi connectivity index (χ2v) is 4.96. The molecule has 1 aromatic heterocycles. The Morgan fingerprint density at radius 3 is 2.74 bits per heavy atom. The number of hydrogen-bond acceptors (Lipinski definition) is 4. The molecule has 0 unspecified atom stereocenters. The third-order valence-corrected chi connectivity index (χ3v) is 2.81. The quantitative estimate of drug-likeness (QED) is 0.290. The number of nitrogens with one attached hydrogen (secondary N) is 1. The van der Waals surface area contributed by atoms with Crippen LogP contribution in [0.4, 0.5) is 0 Å². The van der Waals surface area contributed by atoms with E-state index in [4.69, 9.17) is 8.97 Å². The van der Waals surface area contributed by atoms with Crippen LogP contribution in [0.25, 0.3) is 6.08 Å². The summed E-state index contributed by atoms with van der Waals surface area (Å²) in [5, 5.41) is 2.11. The molecule has 19 heavy (non-hydrogen) atoms. The summed E-state index contributed by atoms with van der Waals surface area (Å²) in [6.07, 6.45) is 4.45. The summed E-state index contributed by atoms with van der Waals surface area (Å²) in [4.78, 5) is 11.3. The van der Waals surface area contributed by atoms with E-state index in [1.807, 2.05) is 6.92 Å². The van der Waals surface area contributed by atoms with Crippen molar-refractivity contribution in [2.24, 2.45) is 0 Å². The molecule has 0 aliphatic rings. The summed E-state index contributed by atoms with van der Waals surface area (Å²) in [7, 11) is -4.34. The maximum atomic E-state index is 11.3. The Labute approximate surface area is 135 Å². The Balaban J connectivity index is 0. The van der Waals surface area contributed by atoms with Crippen molar-refractivity contribution < 1.29 is 53.2 Å². The van der Waals surface area contributed by atoms with Gasteiger partial charge in [-0.2, -0.15) is 8.42 Å². The topological polar surface area (TPSA) is 96.6 Å². The standard InChI is InChI=1S/C11H15NO5S.Na.H/c1-2-3-8-12-10(13)6-4-9-5-7-11(17-9)18(14,15)16;;/h4-7H,2-3,8H2,1H3,(H,12,13)(H,14,15,16);;/q;+1;-1/b6-4+;;. The van der Waals surface area contributed by atoms with Gasteiger partial charge in [0.2, 0.25) is 11.0 Å². The Morgan fingerprint density at radius 2 is 2.21 bits per heavy atom. The van der Waals surface area contributed by atoms with Crippen LogP contribution in [0.2, 0.25) is 0 Å². The second kappa shape index (κ2) is 8.55. The van der Waals surface area contributed by atoms with Gasteiger partial charge in [0.05, 0.1) is 0 Å². The summed E-state index contributed by atoms with van der Waals surface area (Å²) in [5.74, 6) is -0.110. The van der Waals surface area contributed by atoms with Gasteiger partial charge in [-0.3, -0.25) is 9.35 Å². The first-order valence-electron chi connectivity index (χ1n) is 5.46. The van der Waals surface area contributed by atoms with E-state index in [1.54, 1.807) is 0 Å². The maximum Gasteiger partial charge on any atom is 1.00 e. The molecule has 0 aliphatic carbocycles. The largest absolute Gasteiger partial charge is 1.00 e. The van der Waals surface area contributed by atoms with Gasteiger partial charge in [0, 0.05) is 12.6 Å². The molecule has 0 aromatic carbocycles. The number of unbranched alkanes of at least 4 members (excludes halogenated alkanes) is 1. The molecule has 0 radical (unpaired) electrons. The smallest absolute Gasteiger partial charge is 1.00 e. The van der Waals surface area contributed by atoms with Gasteiger partial charge in [0.1, 0.15) is 5.76 Å². The summed E-state index contributed by atoms with van der Waals surface area (Å²) in [6, 6.07) is 2.46. The zero-order chi connectivity index (χ0) is 13.6. The molecule has 8 heteroatoms. The van der Waals surface area contributed by atoms with Crippen molar-refractivity contribution in [1.82, 2.24) is 5.32 Å². The van der Waals surface area contributed by atoms with E-state index >= 15 is 0 Å². The summed E-state index contributed by atoms with van der Waals surface area (Å²) in [5.41, 5.74) is 0. The minimum Gasteiger partial charge on any atom is -1.00 e. The minimum absolute atomic E-state index is 0. The number of carbonyl (C=O) groups is 1. The van der Waals surface area contributed by atoms with Gasteiger partial charge in [0.15, 0.2) is 0 Å². The third-order valence-electron chi connectivity index (χ3n) is 2.08. The van der Waals surface area contributed by atoms with Crippen molar-refractivity contribution in [3.8, 4) is 0 Å². The number of carbonyl (C=O) groups excluding carboxylic acids is 1. The zero-order valence-electron chi connectivity index (χ0n) is 11.9. The van der Waals surface area contributed by atoms with Crippen LogP contribution in [-0.4, -0.2) is 25.4 Å². The summed E-state index contributed by atoms with van der Waals surface area (Å²) >= 11 is 0. The Kier molecular flexibility index (Phi) is 8.28. The molecular formula is C11H16NNaO5S. The average molecular weight is 297 g/mol. The molecule has 0 saturated heterocycles. The van der Waals surface area contributed by atoms with Crippen LogP contribution >= 0.6 is 0 Å². The number of furan rings is 1. The molecular weight excluding hydrogens is 281 g/mol. The fourth-order valence-electron chi connectivity index (χ4n) is 1.17. The molecule has 0 saturated carbocycles. The fraction of sp³-hybridized carbons (Fsp3) is 0.364. The Hall–Kier alpha value is -0.600. The Morgan fingerprint density at radius 1 is 1.53 bits per heavy atom. The molecule has 0 aliphatic heterocycles. The van der Waals surface area contributed by atoms with E-state index in [0.717, 1.165) is 18.9 Å². The van der Waals surface area contributed by atoms with Gasteiger partial charge in [-0.05, 0) is 24.6 Å². The first-order valence-corrected chi connectivity index (χ1v) is 6.90. The Bertz CT molecular complexity index is 541. The third kappa shape index (κ3) is 6.93. The van der Waals surface area contributed by atoms with Crippen LogP contribution in [0.15, 0.2) is 27.7 Å². The maximum absolute atomic E-state index is 11.3. The molecule has 0 spiro atoms. The molecule has 2 N–H and O–H groups in total. The first kappa shape index (κ1) is 18.4. The summed E-state index contributed by atoms with van der Waals surface area (Å²) < 4.78 is 35.0. The normalized spacial score (nSPS) is 11.3. The van der Waals surface area contributed by atoms with E-state index in [1.165, 1.54) is 18.2 Å².